The molecular weight excluding hydrogens is 582 g/mol. The Labute approximate surface area is 261 Å². The van der Waals surface area contributed by atoms with Crippen molar-refractivity contribution in [3.63, 3.8) is 0 Å². The van der Waals surface area contributed by atoms with Crippen molar-refractivity contribution in [1.29, 1.82) is 0 Å². The minimum Gasteiger partial charge on any atom is -0.494 e. The Kier molecular flexibility index (Phi) is 12.9. The topological polar surface area (TPSA) is 114 Å². The molecule has 2 amide bonds. The SMILES string of the molecule is CCCCNC(=O)C(C)N(CCc1ccccc1)C(=O)CN(c1ccc(OCC)cc1)S(=O)(=O)c1ccc(OC)c(OC)c1. The molecule has 44 heavy (non-hydrogen) atoms. The fourth-order valence-electron chi connectivity index (χ4n) is 4.61. The number of methoxy groups -OCH3 is 2. The molecule has 1 atom stereocenters. The molecule has 11 heteroatoms. The lowest BCUT2D eigenvalue weighted by Crippen LogP contribution is -2.52. The van der Waals surface area contributed by atoms with Crippen LogP contribution in [-0.4, -0.2) is 71.6 Å². The van der Waals surface area contributed by atoms with Crippen molar-refractivity contribution in [2.75, 3.05) is 44.8 Å². The molecule has 0 radical (unpaired) electrons. The van der Waals surface area contributed by atoms with E-state index in [0.717, 1.165) is 22.7 Å². The minimum atomic E-state index is -4.29. The molecule has 0 bridgehead atoms. The van der Waals surface area contributed by atoms with Gasteiger partial charge in [0, 0.05) is 19.2 Å². The normalized spacial score (nSPS) is 11.8. The van der Waals surface area contributed by atoms with Crippen LogP contribution >= 0.6 is 0 Å². The molecule has 0 heterocycles. The standard InChI is InChI=1S/C33H43N3O7S/c1-6-8-21-34-33(38)25(3)35(22-20-26-12-10-9-11-13-26)32(37)24-36(27-14-16-28(17-15-27)43-7-2)44(39,40)29-18-19-30(41-4)31(23-29)42-5/h9-19,23,25H,6-8,20-22,24H2,1-5H3,(H,34,38). The van der Waals surface area contributed by atoms with Crippen LogP contribution in [0, 0.1) is 0 Å². The highest BCUT2D eigenvalue weighted by molar-refractivity contribution is 7.92. The van der Waals surface area contributed by atoms with E-state index in [1.54, 1.807) is 31.2 Å². The second kappa shape index (κ2) is 16.6. The lowest BCUT2D eigenvalue weighted by molar-refractivity contribution is -0.138. The van der Waals surface area contributed by atoms with Gasteiger partial charge in [-0.1, -0.05) is 43.7 Å². The van der Waals surface area contributed by atoms with Crippen LogP contribution in [0.2, 0.25) is 0 Å². The first-order valence-electron chi connectivity index (χ1n) is 14.7. The fourth-order valence-corrected chi connectivity index (χ4v) is 6.04. The molecule has 0 aromatic heterocycles. The molecule has 0 spiro atoms. The molecular formula is C33H43N3O7S. The molecule has 1 unspecified atom stereocenters. The summed E-state index contributed by atoms with van der Waals surface area (Å²) in [4.78, 5) is 28.5. The molecule has 3 aromatic carbocycles. The van der Waals surface area contributed by atoms with Gasteiger partial charge >= 0.3 is 0 Å². The third-order valence-electron chi connectivity index (χ3n) is 7.14. The fraction of sp³-hybridized carbons (Fsp3) is 0.394. The van der Waals surface area contributed by atoms with Crippen LogP contribution in [0.5, 0.6) is 17.2 Å². The summed E-state index contributed by atoms with van der Waals surface area (Å²) < 4.78 is 45.6. The number of nitrogens with one attached hydrogen (secondary N) is 1. The van der Waals surface area contributed by atoms with E-state index in [9.17, 15) is 18.0 Å². The average Bonchev–Trinajstić information content (AvgIpc) is 3.04. The Morgan fingerprint density at radius 3 is 2.20 bits per heavy atom. The second-order valence-corrected chi connectivity index (χ2v) is 12.0. The third-order valence-corrected chi connectivity index (χ3v) is 8.91. The Bertz CT molecular complexity index is 1460. The zero-order valence-corrected chi connectivity index (χ0v) is 26.9. The summed E-state index contributed by atoms with van der Waals surface area (Å²) in [7, 11) is -1.41. The molecule has 3 aromatic rings. The summed E-state index contributed by atoms with van der Waals surface area (Å²) in [6, 6.07) is 19.5. The number of anilines is 1. The zero-order valence-electron chi connectivity index (χ0n) is 26.1. The van der Waals surface area contributed by atoms with E-state index in [0.29, 0.717) is 31.1 Å². The van der Waals surface area contributed by atoms with Gasteiger partial charge in [-0.2, -0.15) is 0 Å². The molecule has 238 valence electrons. The van der Waals surface area contributed by atoms with Crippen LogP contribution in [-0.2, 0) is 26.0 Å². The summed E-state index contributed by atoms with van der Waals surface area (Å²) in [5, 5.41) is 2.90. The van der Waals surface area contributed by atoms with Crippen LogP contribution in [0.3, 0.4) is 0 Å². The van der Waals surface area contributed by atoms with Gasteiger partial charge in [0.25, 0.3) is 10.0 Å². The first-order valence-corrected chi connectivity index (χ1v) is 16.2. The van der Waals surface area contributed by atoms with E-state index in [2.05, 4.69) is 5.32 Å². The highest BCUT2D eigenvalue weighted by atomic mass is 32.2. The van der Waals surface area contributed by atoms with E-state index in [-0.39, 0.29) is 28.8 Å². The van der Waals surface area contributed by atoms with Crippen molar-refractivity contribution in [2.45, 2.75) is 51.0 Å². The molecule has 0 aliphatic rings. The van der Waals surface area contributed by atoms with Crippen LogP contribution in [0.25, 0.3) is 0 Å². The van der Waals surface area contributed by atoms with Gasteiger partial charge in [-0.3, -0.25) is 13.9 Å². The van der Waals surface area contributed by atoms with Gasteiger partial charge in [0.15, 0.2) is 11.5 Å². The zero-order chi connectivity index (χ0) is 32.1. The Hall–Kier alpha value is -4.25. The largest absolute Gasteiger partial charge is 0.494 e. The number of nitrogens with zero attached hydrogens (tertiary/aromatic N) is 2. The summed E-state index contributed by atoms with van der Waals surface area (Å²) in [5.74, 6) is 0.346. The monoisotopic (exact) mass is 625 g/mol. The predicted molar refractivity (Wildman–Crippen MR) is 171 cm³/mol. The number of carbonyl (C=O) groups is 2. The molecule has 0 aliphatic carbocycles. The number of sulfonamides is 1. The first kappa shape index (κ1) is 34.2. The first-order chi connectivity index (χ1) is 21.2. The number of hydrogen-bond donors (Lipinski definition) is 1. The second-order valence-electron chi connectivity index (χ2n) is 10.1. The number of carbonyl (C=O) groups excluding carboxylic acids is 2. The summed E-state index contributed by atoms with van der Waals surface area (Å²) in [6.07, 6.45) is 2.21. The quantitative estimate of drug-likeness (QED) is 0.217. The third kappa shape index (κ3) is 8.89. The smallest absolute Gasteiger partial charge is 0.264 e. The van der Waals surface area contributed by atoms with Gasteiger partial charge in [-0.25, -0.2) is 8.42 Å². The van der Waals surface area contributed by atoms with Crippen molar-refractivity contribution in [3.8, 4) is 17.2 Å². The maximum atomic E-state index is 14.2. The molecule has 3 rings (SSSR count). The van der Waals surface area contributed by atoms with E-state index < -0.39 is 28.5 Å². The van der Waals surface area contributed by atoms with Crippen LogP contribution in [0.1, 0.15) is 39.2 Å². The van der Waals surface area contributed by atoms with Crippen molar-refractivity contribution in [2.24, 2.45) is 0 Å². The number of benzene rings is 3. The Morgan fingerprint density at radius 2 is 1.59 bits per heavy atom. The number of ether oxygens (including phenoxy) is 3. The van der Waals surface area contributed by atoms with Gasteiger partial charge in [0.05, 0.1) is 31.4 Å². The van der Waals surface area contributed by atoms with E-state index in [1.807, 2.05) is 44.2 Å². The van der Waals surface area contributed by atoms with Crippen molar-refractivity contribution >= 4 is 27.5 Å². The molecule has 0 saturated heterocycles. The van der Waals surface area contributed by atoms with Gasteiger partial charge < -0.3 is 24.4 Å². The van der Waals surface area contributed by atoms with Crippen LogP contribution < -0.4 is 23.8 Å². The molecule has 0 saturated carbocycles. The maximum absolute atomic E-state index is 14.2. The minimum absolute atomic E-state index is 0.0852. The van der Waals surface area contributed by atoms with E-state index in [1.165, 1.54) is 37.3 Å². The van der Waals surface area contributed by atoms with Crippen LogP contribution in [0.4, 0.5) is 5.69 Å². The van der Waals surface area contributed by atoms with Gasteiger partial charge in [-0.15, -0.1) is 0 Å². The van der Waals surface area contributed by atoms with E-state index in [4.69, 9.17) is 14.2 Å². The lowest BCUT2D eigenvalue weighted by Gasteiger charge is -2.32. The maximum Gasteiger partial charge on any atom is 0.264 e. The summed E-state index contributed by atoms with van der Waals surface area (Å²) in [6.45, 7) is 6.16. The number of unbranched alkanes of at least 4 members (excludes halogenated alkanes) is 1. The Morgan fingerprint density at radius 1 is 0.909 bits per heavy atom. The highest BCUT2D eigenvalue weighted by Gasteiger charge is 2.33. The summed E-state index contributed by atoms with van der Waals surface area (Å²) >= 11 is 0. The van der Waals surface area contributed by atoms with Gasteiger partial charge in [0.2, 0.25) is 11.8 Å². The van der Waals surface area contributed by atoms with Crippen molar-refractivity contribution < 1.29 is 32.2 Å². The molecule has 0 fully saturated rings. The predicted octanol–water partition coefficient (Wildman–Crippen LogP) is 4.67. The molecule has 1 N–H and O–H groups in total. The number of hydrogen-bond acceptors (Lipinski definition) is 7. The van der Waals surface area contributed by atoms with Gasteiger partial charge in [-0.05, 0) is 68.7 Å². The summed E-state index contributed by atoms with van der Waals surface area (Å²) in [5.41, 5.74) is 1.25. The average molecular weight is 626 g/mol. The van der Waals surface area contributed by atoms with Crippen molar-refractivity contribution in [3.05, 3.63) is 78.4 Å². The highest BCUT2D eigenvalue weighted by Crippen LogP contribution is 2.33. The van der Waals surface area contributed by atoms with Gasteiger partial charge in [0.1, 0.15) is 18.3 Å². The van der Waals surface area contributed by atoms with Crippen LogP contribution in [0.15, 0.2) is 77.7 Å². The molecule has 0 aliphatic heterocycles. The van der Waals surface area contributed by atoms with Crippen molar-refractivity contribution in [1.82, 2.24) is 10.2 Å². The molecule has 10 nitrogen and oxygen atoms in total. The lowest BCUT2D eigenvalue weighted by atomic mass is 10.1. The Balaban J connectivity index is 2.01. The number of amides is 2. The number of rotatable bonds is 17. The van der Waals surface area contributed by atoms with E-state index >= 15 is 0 Å².